The van der Waals surface area contributed by atoms with Crippen molar-refractivity contribution in [2.75, 3.05) is 0 Å². The summed E-state index contributed by atoms with van der Waals surface area (Å²) in [6.07, 6.45) is 0. The normalized spacial score (nSPS) is 11.7. The molecule has 0 spiro atoms. The lowest BCUT2D eigenvalue weighted by Crippen LogP contribution is -2.00. The highest BCUT2D eigenvalue weighted by atomic mass is 16.3. The molecule has 0 aliphatic heterocycles. The van der Waals surface area contributed by atoms with Crippen LogP contribution in [0, 0.1) is 6.57 Å². The minimum absolute atomic E-state index is 0.567. The van der Waals surface area contributed by atoms with Gasteiger partial charge in [-0.25, -0.2) is 19.8 Å². The molecule has 0 saturated heterocycles. The topological polar surface area (TPSA) is 69.3 Å². The molecule has 3 aromatic heterocycles. The van der Waals surface area contributed by atoms with Gasteiger partial charge in [0.15, 0.2) is 23.2 Å². The average molecular weight is 691 g/mol. The molecule has 0 aliphatic carbocycles. The lowest BCUT2D eigenvalue weighted by atomic mass is 9.93. The number of nitrogens with zero attached hydrogens (tertiary/aromatic N) is 4. The van der Waals surface area contributed by atoms with Crippen LogP contribution in [0.2, 0.25) is 0 Å². The monoisotopic (exact) mass is 690 g/mol. The van der Waals surface area contributed by atoms with E-state index in [1.807, 2.05) is 97.1 Å². The summed E-state index contributed by atoms with van der Waals surface area (Å²) in [7, 11) is 0. The van der Waals surface area contributed by atoms with Gasteiger partial charge in [-0.2, -0.15) is 0 Å². The molecule has 11 rings (SSSR count). The summed E-state index contributed by atoms with van der Waals surface area (Å²) in [5, 5.41) is 8.41. The standard InChI is InChI=1S/C48H26N4O2/c1-49-33-13-9-12-29(24-33)30-18-21-34-35-22-19-31(27-40(35)45-44(39(34)25-30)37-15-6-8-17-42(37)54-45)47-50-46(28-10-3-2-4-11-28)51-48(52-47)32-20-23-43-38(26-32)36-14-5-7-16-41(36)53-43/h2-27H. The maximum Gasteiger partial charge on any atom is 0.187 e. The molecule has 0 bridgehead atoms. The van der Waals surface area contributed by atoms with Gasteiger partial charge in [-0.1, -0.05) is 109 Å². The highest BCUT2D eigenvalue weighted by molar-refractivity contribution is 6.30. The van der Waals surface area contributed by atoms with E-state index in [9.17, 15) is 0 Å². The second-order valence-corrected chi connectivity index (χ2v) is 13.5. The first-order valence-electron chi connectivity index (χ1n) is 17.7. The molecule has 0 amide bonds. The minimum Gasteiger partial charge on any atom is -0.456 e. The van der Waals surface area contributed by atoms with Crippen LogP contribution in [0.4, 0.5) is 5.69 Å². The predicted molar refractivity (Wildman–Crippen MR) is 217 cm³/mol. The number of fused-ring (bicyclic) bond motifs is 11. The largest absolute Gasteiger partial charge is 0.456 e. The summed E-state index contributed by atoms with van der Waals surface area (Å²) < 4.78 is 12.8. The molecule has 54 heavy (non-hydrogen) atoms. The summed E-state index contributed by atoms with van der Waals surface area (Å²) in [6.45, 7) is 7.54. The van der Waals surface area contributed by atoms with Gasteiger partial charge in [0.05, 0.1) is 6.57 Å². The fourth-order valence-electron chi connectivity index (χ4n) is 7.74. The van der Waals surface area contributed by atoms with Gasteiger partial charge >= 0.3 is 0 Å². The van der Waals surface area contributed by atoms with Crippen molar-refractivity contribution in [3.05, 3.63) is 169 Å². The maximum absolute atomic E-state index is 7.54. The molecule has 11 aromatic rings. The van der Waals surface area contributed by atoms with Crippen LogP contribution >= 0.6 is 0 Å². The SMILES string of the molecule is [C-]#[N+]c1cccc(-c2ccc3c4ccc(-c5nc(-c6ccccc6)nc(-c6ccc7oc8ccccc8c7c6)n5)cc4c4oc5ccccc5c4c3c2)c1. The van der Waals surface area contributed by atoms with Crippen LogP contribution in [0.1, 0.15) is 0 Å². The molecule has 0 fully saturated rings. The quantitative estimate of drug-likeness (QED) is 0.136. The molecule has 0 radical (unpaired) electrons. The lowest BCUT2D eigenvalue weighted by molar-refractivity contribution is 0.669. The second kappa shape index (κ2) is 11.7. The number of aromatic nitrogens is 3. The molecule has 8 aromatic carbocycles. The van der Waals surface area contributed by atoms with Crippen LogP contribution in [0.5, 0.6) is 0 Å². The van der Waals surface area contributed by atoms with Crippen molar-refractivity contribution >= 4 is 71.1 Å². The van der Waals surface area contributed by atoms with E-state index in [2.05, 4.69) is 65.5 Å². The van der Waals surface area contributed by atoms with Gasteiger partial charge in [0, 0.05) is 43.6 Å². The van der Waals surface area contributed by atoms with Gasteiger partial charge < -0.3 is 8.83 Å². The third kappa shape index (κ3) is 4.69. The Morgan fingerprint density at radius 1 is 0.370 bits per heavy atom. The first-order valence-corrected chi connectivity index (χ1v) is 17.7. The number of benzene rings is 8. The van der Waals surface area contributed by atoms with Crippen molar-refractivity contribution < 1.29 is 8.83 Å². The Morgan fingerprint density at radius 2 is 0.926 bits per heavy atom. The number of rotatable bonds is 4. The maximum atomic E-state index is 7.54. The summed E-state index contributed by atoms with van der Waals surface area (Å²) in [5.74, 6) is 1.74. The Hall–Kier alpha value is -7.62. The van der Waals surface area contributed by atoms with E-state index in [0.717, 1.165) is 93.2 Å². The molecule has 6 heteroatoms. The molecule has 0 aliphatic rings. The molecule has 6 nitrogen and oxygen atoms in total. The summed E-state index contributed by atoms with van der Waals surface area (Å²) in [4.78, 5) is 18.8. The molecular formula is C48H26N4O2. The Morgan fingerprint density at radius 3 is 1.70 bits per heavy atom. The van der Waals surface area contributed by atoms with E-state index >= 15 is 0 Å². The van der Waals surface area contributed by atoms with Crippen molar-refractivity contribution in [1.29, 1.82) is 0 Å². The molecule has 0 N–H and O–H groups in total. The van der Waals surface area contributed by atoms with Crippen LogP contribution in [0.15, 0.2) is 167 Å². The zero-order chi connectivity index (χ0) is 35.8. The summed E-state index contributed by atoms with van der Waals surface area (Å²) in [6, 6.07) is 53.1. The summed E-state index contributed by atoms with van der Waals surface area (Å²) >= 11 is 0. The highest BCUT2D eigenvalue weighted by Gasteiger charge is 2.19. The van der Waals surface area contributed by atoms with Gasteiger partial charge in [0.25, 0.3) is 0 Å². The Kier molecular flexibility index (Phi) is 6.51. The molecule has 250 valence electrons. The fraction of sp³-hybridized carbons (Fsp3) is 0. The van der Waals surface area contributed by atoms with E-state index in [-0.39, 0.29) is 0 Å². The van der Waals surface area contributed by atoms with E-state index in [4.69, 9.17) is 30.4 Å². The average Bonchev–Trinajstić information content (AvgIpc) is 3.82. The molecular weight excluding hydrogens is 665 g/mol. The van der Waals surface area contributed by atoms with E-state index in [0.29, 0.717) is 23.2 Å². The number of para-hydroxylation sites is 2. The van der Waals surface area contributed by atoms with Gasteiger partial charge in [-0.15, -0.1) is 0 Å². The van der Waals surface area contributed by atoms with Gasteiger partial charge in [-0.3, -0.25) is 0 Å². The number of furan rings is 2. The van der Waals surface area contributed by atoms with Crippen LogP contribution in [-0.2, 0) is 0 Å². The van der Waals surface area contributed by atoms with Crippen LogP contribution in [0.3, 0.4) is 0 Å². The fourth-order valence-corrected chi connectivity index (χ4v) is 7.74. The van der Waals surface area contributed by atoms with Crippen LogP contribution < -0.4 is 0 Å². The smallest absolute Gasteiger partial charge is 0.187 e. The zero-order valence-corrected chi connectivity index (χ0v) is 28.6. The van der Waals surface area contributed by atoms with Gasteiger partial charge in [-0.05, 0) is 75.8 Å². The highest BCUT2D eigenvalue weighted by Crippen LogP contribution is 2.43. The van der Waals surface area contributed by atoms with E-state index < -0.39 is 0 Å². The van der Waals surface area contributed by atoms with Crippen LogP contribution in [-0.4, -0.2) is 15.0 Å². The Balaban J connectivity index is 1.14. The molecule has 3 heterocycles. The second-order valence-electron chi connectivity index (χ2n) is 13.5. The first-order chi connectivity index (χ1) is 26.7. The van der Waals surface area contributed by atoms with E-state index in [1.54, 1.807) is 0 Å². The van der Waals surface area contributed by atoms with Crippen molar-refractivity contribution in [3.8, 4) is 45.3 Å². The van der Waals surface area contributed by atoms with Gasteiger partial charge in [0.1, 0.15) is 22.3 Å². The molecule has 0 unspecified atom stereocenters. The van der Waals surface area contributed by atoms with Crippen molar-refractivity contribution in [1.82, 2.24) is 15.0 Å². The number of hydrogen-bond acceptors (Lipinski definition) is 5. The van der Waals surface area contributed by atoms with Crippen molar-refractivity contribution in [2.45, 2.75) is 0 Å². The van der Waals surface area contributed by atoms with Crippen LogP contribution in [0.25, 0.3) is 116 Å². The third-order valence-corrected chi connectivity index (χ3v) is 10.3. The number of hydrogen-bond donors (Lipinski definition) is 0. The third-order valence-electron chi connectivity index (χ3n) is 10.3. The predicted octanol–water partition coefficient (Wildman–Crippen LogP) is 13.2. The molecule has 0 atom stereocenters. The zero-order valence-electron chi connectivity index (χ0n) is 28.6. The first kappa shape index (κ1) is 30.0. The lowest BCUT2D eigenvalue weighted by Gasteiger charge is -2.12. The Labute approximate surface area is 308 Å². The van der Waals surface area contributed by atoms with Crippen molar-refractivity contribution in [3.63, 3.8) is 0 Å². The Bertz CT molecular complexity index is 3350. The summed E-state index contributed by atoms with van der Waals surface area (Å²) in [5.41, 5.74) is 8.59. The molecule has 0 saturated carbocycles. The van der Waals surface area contributed by atoms with Gasteiger partial charge in [0.2, 0.25) is 0 Å². The van der Waals surface area contributed by atoms with Crippen molar-refractivity contribution in [2.24, 2.45) is 0 Å². The van der Waals surface area contributed by atoms with E-state index in [1.165, 1.54) is 0 Å². The minimum atomic E-state index is 0.567.